The van der Waals surface area contributed by atoms with E-state index in [1.54, 1.807) is 13.8 Å². The highest BCUT2D eigenvalue weighted by molar-refractivity contribution is 9.10. The lowest BCUT2D eigenvalue weighted by Gasteiger charge is -1.98. The van der Waals surface area contributed by atoms with Crippen LogP contribution in [0.3, 0.4) is 0 Å². The van der Waals surface area contributed by atoms with Crippen molar-refractivity contribution in [2.45, 2.75) is 13.8 Å². The third-order valence-electron chi connectivity index (χ3n) is 2.04. The highest BCUT2D eigenvalue weighted by Gasteiger charge is 2.06. The summed E-state index contributed by atoms with van der Waals surface area (Å²) in [7, 11) is 0. The third kappa shape index (κ3) is 4.67. The topological polar surface area (TPSA) is 25.8 Å². The Bertz CT molecular complexity index is 567. The zero-order valence-electron chi connectivity index (χ0n) is 10.0. The molecule has 0 amide bonds. The molecule has 0 spiro atoms. The minimum absolute atomic E-state index is 0.0903. The van der Waals surface area contributed by atoms with Crippen LogP contribution in [0.15, 0.2) is 22.9 Å². The summed E-state index contributed by atoms with van der Waals surface area (Å²) in [5.74, 6) is -0.971. The van der Waals surface area contributed by atoms with E-state index in [-0.39, 0.29) is 10.0 Å². The fraction of sp³-hybridized carbons (Fsp3) is 0.167. The summed E-state index contributed by atoms with van der Waals surface area (Å²) in [5.41, 5.74) is 1.41. The van der Waals surface area contributed by atoms with Crippen LogP contribution in [0, 0.1) is 25.5 Å². The fourth-order valence-electron chi connectivity index (χ4n) is 1.04. The van der Waals surface area contributed by atoms with Crippen molar-refractivity contribution in [3.8, 4) is 0 Å². The molecule has 2 aromatic heterocycles. The van der Waals surface area contributed by atoms with Crippen molar-refractivity contribution < 1.29 is 8.78 Å². The molecule has 0 aliphatic carbocycles. The number of rotatable bonds is 0. The third-order valence-corrected chi connectivity index (χ3v) is 3.89. The number of aryl methyl sites for hydroxylation is 2. The molecule has 0 fully saturated rings. The standard InChI is InChI=1S/C6H4BrClFN.C6H5ClFN/c1-3-5(7)6(8)4(9)2-10-3;1-4-2-5(7)6(8)3-9-4/h2H,1H3;2-3H,1H3. The van der Waals surface area contributed by atoms with E-state index in [2.05, 4.69) is 25.9 Å². The van der Waals surface area contributed by atoms with E-state index in [4.69, 9.17) is 23.2 Å². The molecule has 2 rings (SSSR count). The summed E-state index contributed by atoms with van der Waals surface area (Å²) in [6.45, 7) is 3.50. The number of hydrogen-bond donors (Lipinski definition) is 0. The van der Waals surface area contributed by atoms with Crippen LogP contribution < -0.4 is 0 Å². The summed E-state index contributed by atoms with van der Waals surface area (Å²) in [6.07, 6.45) is 2.21. The lowest BCUT2D eigenvalue weighted by molar-refractivity contribution is 0.619. The number of aromatic nitrogens is 2. The molecule has 0 bridgehead atoms. The van der Waals surface area contributed by atoms with Crippen molar-refractivity contribution in [1.82, 2.24) is 9.97 Å². The molecule has 2 aromatic rings. The monoisotopic (exact) mass is 368 g/mol. The van der Waals surface area contributed by atoms with Crippen LogP contribution in [-0.4, -0.2) is 9.97 Å². The predicted molar refractivity (Wildman–Crippen MR) is 75.6 cm³/mol. The second kappa shape index (κ2) is 7.12. The molecule has 0 saturated heterocycles. The van der Waals surface area contributed by atoms with Gasteiger partial charge in [0, 0.05) is 5.69 Å². The molecule has 2 nitrogen and oxygen atoms in total. The average molecular weight is 370 g/mol. The van der Waals surface area contributed by atoms with E-state index < -0.39 is 11.6 Å². The maximum atomic E-state index is 12.5. The molecule has 0 radical (unpaired) electrons. The van der Waals surface area contributed by atoms with E-state index in [9.17, 15) is 8.78 Å². The molecule has 7 heteroatoms. The first-order chi connectivity index (χ1) is 8.82. The molecule has 0 saturated carbocycles. The van der Waals surface area contributed by atoms with Gasteiger partial charge in [0.05, 0.1) is 32.6 Å². The van der Waals surface area contributed by atoms with E-state index in [0.29, 0.717) is 10.2 Å². The molecule has 19 heavy (non-hydrogen) atoms. The smallest absolute Gasteiger partial charge is 0.161 e. The first-order valence-electron chi connectivity index (χ1n) is 5.06. The molecular weight excluding hydrogens is 361 g/mol. The Balaban J connectivity index is 0.000000191. The maximum Gasteiger partial charge on any atom is 0.161 e. The van der Waals surface area contributed by atoms with E-state index >= 15 is 0 Å². The maximum absolute atomic E-state index is 12.5. The Hall–Kier alpha value is -0.780. The Morgan fingerprint density at radius 1 is 1.05 bits per heavy atom. The average Bonchev–Trinajstić information content (AvgIpc) is 2.37. The molecule has 2 heterocycles. The van der Waals surface area contributed by atoms with Crippen molar-refractivity contribution in [1.29, 1.82) is 0 Å². The molecule has 0 aliphatic rings. The zero-order chi connectivity index (χ0) is 14.6. The minimum Gasteiger partial charge on any atom is -0.258 e. The number of halogens is 5. The minimum atomic E-state index is -0.501. The van der Waals surface area contributed by atoms with Crippen LogP contribution in [0.4, 0.5) is 8.78 Å². The lowest BCUT2D eigenvalue weighted by atomic mass is 10.4. The zero-order valence-corrected chi connectivity index (χ0v) is 13.1. The lowest BCUT2D eigenvalue weighted by Crippen LogP contribution is -1.86. The van der Waals surface area contributed by atoms with Gasteiger partial charge in [0.1, 0.15) is 0 Å². The van der Waals surface area contributed by atoms with Crippen molar-refractivity contribution in [2.75, 3.05) is 0 Å². The molecular formula is C12H9BrCl2F2N2. The second-order valence-electron chi connectivity index (χ2n) is 3.56. The molecule has 102 valence electrons. The van der Waals surface area contributed by atoms with Gasteiger partial charge in [0.2, 0.25) is 0 Å². The normalized spacial score (nSPS) is 9.84. The Morgan fingerprint density at radius 2 is 1.63 bits per heavy atom. The van der Waals surface area contributed by atoms with E-state index in [1.165, 1.54) is 6.07 Å². The number of hydrogen-bond acceptors (Lipinski definition) is 2. The van der Waals surface area contributed by atoms with Crippen molar-refractivity contribution >= 4 is 39.1 Å². The van der Waals surface area contributed by atoms with Gasteiger partial charge in [-0.2, -0.15) is 0 Å². The van der Waals surface area contributed by atoms with Crippen LogP contribution in [0.5, 0.6) is 0 Å². The summed E-state index contributed by atoms with van der Waals surface area (Å²) >= 11 is 14.0. The van der Waals surface area contributed by atoms with Gasteiger partial charge in [-0.3, -0.25) is 9.97 Å². The Kier molecular flexibility index (Phi) is 6.10. The quantitative estimate of drug-likeness (QED) is 0.643. The van der Waals surface area contributed by atoms with Crippen LogP contribution in [0.25, 0.3) is 0 Å². The molecule has 0 unspecified atom stereocenters. The first-order valence-corrected chi connectivity index (χ1v) is 6.61. The van der Waals surface area contributed by atoms with Crippen molar-refractivity contribution in [3.05, 3.63) is 56.0 Å². The summed E-state index contributed by atoms with van der Waals surface area (Å²) < 4.78 is 25.4. The first kappa shape index (κ1) is 16.3. The van der Waals surface area contributed by atoms with Crippen LogP contribution >= 0.6 is 39.1 Å². The number of pyridine rings is 2. The van der Waals surface area contributed by atoms with Crippen LogP contribution in [0.2, 0.25) is 10.0 Å². The van der Waals surface area contributed by atoms with Crippen LogP contribution in [-0.2, 0) is 0 Å². The van der Waals surface area contributed by atoms with Gasteiger partial charge < -0.3 is 0 Å². The molecule has 0 atom stereocenters. The second-order valence-corrected chi connectivity index (χ2v) is 5.14. The fourth-order valence-corrected chi connectivity index (χ4v) is 1.72. The predicted octanol–water partition coefficient (Wildman–Crippen LogP) is 5.13. The molecule has 0 aromatic carbocycles. The summed E-state index contributed by atoms with van der Waals surface area (Å²) in [6, 6.07) is 1.48. The Labute approximate surface area is 127 Å². The number of nitrogens with zero attached hydrogens (tertiary/aromatic N) is 2. The Morgan fingerprint density at radius 3 is 2.11 bits per heavy atom. The van der Waals surface area contributed by atoms with Gasteiger partial charge in [-0.15, -0.1) is 0 Å². The summed E-state index contributed by atoms with van der Waals surface area (Å²) in [4.78, 5) is 7.41. The largest absolute Gasteiger partial charge is 0.258 e. The van der Waals surface area contributed by atoms with Gasteiger partial charge in [0.25, 0.3) is 0 Å². The van der Waals surface area contributed by atoms with E-state index in [0.717, 1.165) is 18.1 Å². The van der Waals surface area contributed by atoms with Gasteiger partial charge in [0.15, 0.2) is 11.6 Å². The van der Waals surface area contributed by atoms with Crippen LogP contribution in [0.1, 0.15) is 11.4 Å². The molecule has 0 N–H and O–H groups in total. The van der Waals surface area contributed by atoms with Crippen molar-refractivity contribution in [2.24, 2.45) is 0 Å². The van der Waals surface area contributed by atoms with Crippen molar-refractivity contribution in [3.63, 3.8) is 0 Å². The highest BCUT2D eigenvalue weighted by atomic mass is 79.9. The van der Waals surface area contributed by atoms with Gasteiger partial charge >= 0.3 is 0 Å². The SMILES string of the molecule is Cc1cc(Cl)c(F)cn1.Cc1ncc(F)c(Cl)c1Br. The molecule has 0 aliphatic heterocycles. The van der Waals surface area contributed by atoms with Gasteiger partial charge in [-0.25, -0.2) is 8.78 Å². The highest BCUT2D eigenvalue weighted by Crippen LogP contribution is 2.26. The van der Waals surface area contributed by atoms with Gasteiger partial charge in [-0.05, 0) is 35.8 Å². The van der Waals surface area contributed by atoms with E-state index in [1.807, 2.05) is 0 Å². The summed E-state index contributed by atoms with van der Waals surface area (Å²) in [5, 5.41) is 0.218. The van der Waals surface area contributed by atoms with Gasteiger partial charge in [-0.1, -0.05) is 23.2 Å².